The normalized spacial score (nSPS) is 24.5. The van der Waals surface area contributed by atoms with Crippen molar-refractivity contribution in [2.45, 2.75) is 78.5 Å². The van der Waals surface area contributed by atoms with Gasteiger partial charge in [-0.2, -0.15) is 0 Å². The molecule has 104 valence electrons. The van der Waals surface area contributed by atoms with E-state index >= 15 is 0 Å². The van der Waals surface area contributed by atoms with E-state index in [-0.39, 0.29) is 21.9 Å². The van der Waals surface area contributed by atoms with Gasteiger partial charge in [0.2, 0.25) is 0 Å². The summed E-state index contributed by atoms with van der Waals surface area (Å²) in [5.41, 5.74) is 0.979. The number of carbonyl (C=O) groups is 1. The van der Waals surface area contributed by atoms with Crippen molar-refractivity contribution in [1.82, 2.24) is 4.90 Å². The fourth-order valence-electron chi connectivity index (χ4n) is 1.90. The molecule has 0 N–H and O–H groups in total. The Kier molecular flexibility index (Phi) is 3.73. The molecule has 3 nitrogen and oxygen atoms in total. The van der Waals surface area contributed by atoms with Crippen molar-refractivity contribution >= 4 is 19.1 Å². The molecule has 0 aromatic rings. The molecule has 0 bridgehead atoms. The van der Waals surface area contributed by atoms with E-state index < -0.39 is 7.92 Å². The Morgan fingerprint density at radius 1 is 0.944 bits per heavy atom. The quantitative estimate of drug-likeness (QED) is 0.589. The predicted octanol–water partition coefficient (Wildman–Crippen LogP) is 4.66. The number of aliphatic imine (C=N–C) groups is 1. The molecule has 1 amide bonds. The van der Waals surface area contributed by atoms with Crippen molar-refractivity contribution in [2.75, 3.05) is 0 Å². The Balaban J connectivity index is 3.21. The average molecular weight is 270 g/mol. The summed E-state index contributed by atoms with van der Waals surface area (Å²) in [5.74, 6) is 0. The monoisotopic (exact) mass is 270 g/mol. The summed E-state index contributed by atoms with van der Waals surface area (Å²) in [4.78, 5) is 19.1. The number of amidine groups is 1. The Hall–Kier alpha value is -0.430. The van der Waals surface area contributed by atoms with Gasteiger partial charge in [0.15, 0.2) is 0 Å². The van der Waals surface area contributed by atoms with Crippen LogP contribution in [0.5, 0.6) is 0 Å². The van der Waals surface area contributed by atoms with Crippen molar-refractivity contribution in [3.8, 4) is 0 Å². The molecule has 1 heterocycles. The van der Waals surface area contributed by atoms with E-state index in [4.69, 9.17) is 4.99 Å². The molecule has 1 rings (SSSR count). The van der Waals surface area contributed by atoms with Crippen LogP contribution in [0.1, 0.15) is 62.3 Å². The highest BCUT2D eigenvalue weighted by Crippen LogP contribution is 2.62. The minimum Gasteiger partial charge on any atom is -0.287 e. The second-order valence-electron chi connectivity index (χ2n) is 7.88. The standard InChI is InChI=1S/C14H27N2OP/c1-12(2,3)15-10-16(13(4,5)6)11(17)18(10)14(7,8)9/h1-9H3. The maximum atomic E-state index is 12.4. The number of amides is 1. The molecule has 1 atom stereocenters. The molecule has 1 saturated heterocycles. The minimum atomic E-state index is -0.794. The second kappa shape index (κ2) is 4.30. The molecule has 1 fully saturated rings. The van der Waals surface area contributed by atoms with E-state index in [0.717, 1.165) is 5.58 Å². The van der Waals surface area contributed by atoms with Crippen LogP contribution in [0.2, 0.25) is 0 Å². The van der Waals surface area contributed by atoms with Crippen molar-refractivity contribution in [3.05, 3.63) is 0 Å². The van der Waals surface area contributed by atoms with Crippen LogP contribution in [0.4, 0.5) is 4.79 Å². The van der Waals surface area contributed by atoms with Crippen molar-refractivity contribution in [2.24, 2.45) is 4.99 Å². The summed E-state index contributed by atoms with van der Waals surface area (Å²) in [6, 6.07) is 0. The minimum absolute atomic E-state index is 0.00174. The summed E-state index contributed by atoms with van der Waals surface area (Å²) < 4.78 is 0. The van der Waals surface area contributed by atoms with E-state index in [9.17, 15) is 4.79 Å². The summed E-state index contributed by atoms with van der Waals surface area (Å²) >= 11 is 0. The van der Waals surface area contributed by atoms with Crippen LogP contribution < -0.4 is 0 Å². The molecule has 1 aliphatic rings. The first-order valence-corrected chi connectivity index (χ1v) is 7.83. The molecule has 0 aromatic carbocycles. The Labute approximate surface area is 113 Å². The molecule has 4 heteroatoms. The predicted molar refractivity (Wildman–Crippen MR) is 80.8 cm³/mol. The molecule has 1 aliphatic heterocycles. The third-order valence-electron chi connectivity index (χ3n) is 2.56. The largest absolute Gasteiger partial charge is 0.287 e. The zero-order chi connectivity index (χ0) is 14.5. The highest BCUT2D eigenvalue weighted by atomic mass is 31.1. The molecule has 0 saturated carbocycles. The van der Waals surface area contributed by atoms with Crippen LogP contribution in [0, 0.1) is 0 Å². The first kappa shape index (κ1) is 15.6. The first-order valence-electron chi connectivity index (χ1n) is 6.49. The Morgan fingerprint density at radius 3 is 1.67 bits per heavy atom. The lowest BCUT2D eigenvalue weighted by atomic mass is 10.1. The van der Waals surface area contributed by atoms with Crippen molar-refractivity contribution < 1.29 is 4.79 Å². The van der Waals surface area contributed by atoms with Gasteiger partial charge in [-0.15, -0.1) is 0 Å². The molecular weight excluding hydrogens is 243 g/mol. The van der Waals surface area contributed by atoms with Crippen molar-refractivity contribution in [1.29, 1.82) is 0 Å². The van der Waals surface area contributed by atoms with Gasteiger partial charge < -0.3 is 0 Å². The van der Waals surface area contributed by atoms with Gasteiger partial charge in [0.25, 0.3) is 5.65 Å². The molecule has 0 aromatic heterocycles. The fourth-order valence-corrected chi connectivity index (χ4v) is 4.69. The van der Waals surface area contributed by atoms with Gasteiger partial charge in [0.1, 0.15) is 5.58 Å². The molecule has 0 radical (unpaired) electrons. The van der Waals surface area contributed by atoms with Gasteiger partial charge >= 0.3 is 0 Å². The molecule has 0 aliphatic carbocycles. The van der Waals surface area contributed by atoms with Crippen LogP contribution in [0.15, 0.2) is 4.99 Å². The molecular formula is C14H27N2OP. The van der Waals surface area contributed by atoms with Crippen LogP contribution in [0.3, 0.4) is 0 Å². The number of carbonyl (C=O) groups excluding carboxylic acids is 1. The lowest BCUT2D eigenvalue weighted by molar-refractivity contribution is 0.208. The SMILES string of the molecule is CC(C)(C)N=C1N(C(C)(C)C)C(=O)P1C(C)(C)C. The second-order valence-corrected chi connectivity index (χ2v) is 10.7. The summed E-state index contributed by atoms with van der Waals surface area (Å²) in [7, 11) is -0.794. The number of hydrogen-bond donors (Lipinski definition) is 0. The molecule has 18 heavy (non-hydrogen) atoms. The smallest absolute Gasteiger partial charge is 0.257 e. The van der Waals surface area contributed by atoms with E-state index in [2.05, 4.69) is 62.3 Å². The Bertz CT molecular complexity index is 354. The third-order valence-corrected chi connectivity index (χ3v) is 5.18. The van der Waals surface area contributed by atoms with Gasteiger partial charge in [-0.1, -0.05) is 20.8 Å². The van der Waals surface area contributed by atoms with Crippen LogP contribution in [-0.4, -0.2) is 32.4 Å². The highest BCUT2D eigenvalue weighted by molar-refractivity contribution is 7.93. The fraction of sp³-hybridized carbons (Fsp3) is 0.857. The van der Waals surface area contributed by atoms with Gasteiger partial charge in [0.05, 0.1) is 13.5 Å². The molecule has 1 unspecified atom stereocenters. The molecule has 0 spiro atoms. The highest BCUT2D eigenvalue weighted by Gasteiger charge is 2.54. The number of nitrogens with zero attached hydrogens (tertiary/aromatic N) is 2. The Morgan fingerprint density at radius 2 is 1.39 bits per heavy atom. The number of rotatable bonds is 0. The van der Waals surface area contributed by atoms with E-state index in [1.165, 1.54) is 0 Å². The summed E-state index contributed by atoms with van der Waals surface area (Å²) in [6.07, 6.45) is 0. The zero-order valence-corrected chi connectivity index (χ0v) is 14.1. The zero-order valence-electron chi connectivity index (χ0n) is 13.2. The maximum Gasteiger partial charge on any atom is 0.257 e. The van der Waals surface area contributed by atoms with Gasteiger partial charge in [-0.05, 0) is 46.7 Å². The summed E-state index contributed by atoms with van der Waals surface area (Å²) in [5, 5.41) is -0.00174. The van der Waals surface area contributed by atoms with Crippen LogP contribution >= 0.6 is 7.92 Å². The van der Waals surface area contributed by atoms with Crippen LogP contribution in [0.25, 0.3) is 0 Å². The van der Waals surface area contributed by atoms with E-state index in [0.29, 0.717) is 0 Å². The van der Waals surface area contributed by atoms with Crippen molar-refractivity contribution in [3.63, 3.8) is 0 Å². The van der Waals surface area contributed by atoms with Gasteiger partial charge in [-0.3, -0.25) is 14.7 Å². The first-order chi connectivity index (χ1) is 7.75. The van der Waals surface area contributed by atoms with Gasteiger partial charge in [-0.25, -0.2) is 0 Å². The van der Waals surface area contributed by atoms with E-state index in [1.54, 1.807) is 0 Å². The lowest BCUT2D eigenvalue weighted by Crippen LogP contribution is -2.58. The van der Waals surface area contributed by atoms with E-state index in [1.807, 2.05) is 4.90 Å². The summed E-state index contributed by atoms with van der Waals surface area (Å²) in [6.45, 7) is 18.9. The maximum absolute atomic E-state index is 12.4. The lowest BCUT2D eigenvalue weighted by Gasteiger charge is -2.52. The third kappa shape index (κ3) is 3.12. The topological polar surface area (TPSA) is 32.7 Å². The van der Waals surface area contributed by atoms with Crippen LogP contribution in [-0.2, 0) is 0 Å². The average Bonchev–Trinajstić information content (AvgIpc) is 1.92. The number of hydrogen-bond acceptors (Lipinski definition) is 2. The van der Waals surface area contributed by atoms with Gasteiger partial charge in [0, 0.05) is 5.54 Å².